The third-order valence-electron chi connectivity index (χ3n) is 2.97. The number of carbonyl (C=O) groups is 1. The van der Waals surface area contributed by atoms with Crippen molar-refractivity contribution in [1.82, 2.24) is 5.32 Å². The highest BCUT2D eigenvalue weighted by Crippen LogP contribution is 2.26. The van der Waals surface area contributed by atoms with Crippen molar-refractivity contribution in [2.75, 3.05) is 6.61 Å². The first-order valence-electron chi connectivity index (χ1n) is 6.33. The summed E-state index contributed by atoms with van der Waals surface area (Å²) in [6.07, 6.45) is 0. The highest BCUT2D eigenvalue weighted by molar-refractivity contribution is 7.80. The summed E-state index contributed by atoms with van der Waals surface area (Å²) in [5.74, 6) is 0.578. The number of benzene rings is 1. The van der Waals surface area contributed by atoms with E-state index in [4.69, 9.17) is 34.3 Å². The molecular weight excluding hydrogens is 296 g/mol. The van der Waals surface area contributed by atoms with Crippen molar-refractivity contribution in [3.8, 4) is 5.75 Å². The van der Waals surface area contributed by atoms with Gasteiger partial charge in [-0.25, -0.2) is 0 Å². The van der Waals surface area contributed by atoms with Gasteiger partial charge in [0.15, 0.2) is 6.61 Å². The smallest absolute Gasteiger partial charge is 0.258 e. The van der Waals surface area contributed by atoms with Gasteiger partial charge in [0.1, 0.15) is 10.7 Å². The molecule has 6 heteroatoms. The third-order valence-corrected chi connectivity index (χ3v) is 3.49. The van der Waals surface area contributed by atoms with Crippen LogP contribution in [0.4, 0.5) is 0 Å². The number of halogens is 1. The van der Waals surface area contributed by atoms with Gasteiger partial charge in [-0.15, -0.1) is 0 Å². The molecular formula is C14H19ClN2O2S. The summed E-state index contributed by atoms with van der Waals surface area (Å²) in [6, 6.07) is 5.15. The molecule has 1 amide bonds. The van der Waals surface area contributed by atoms with Crippen molar-refractivity contribution >= 4 is 34.7 Å². The second-order valence-corrected chi connectivity index (χ2v) is 5.71. The molecule has 0 saturated heterocycles. The van der Waals surface area contributed by atoms with E-state index in [-0.39, 0.29) is 23.5 Å². The Bertz CT molecular complexity index is 506. The quantitative estimate of drug-likeness (QED) is 0.792. The molecule has 0 saturated carbocycles. The van der Waals surface area contributed by atoms with Gasteiger partial charge in [0.2, 0.25) is 0 Å². The van der Waals surface area contributed by atoms with E-state index in [1.54, 1.807) is 18.2 Å². The van der Waals surface area contributed by atoms with E-state index in [1.807, 2.05) is 20.8 Å². The first-order chi connectivity index (χ1) is 9.32. The van der Waals surface area contributed by atoms with Crippen molar-refractivity contribution in [2.45, 2.75) is 26.8 Å². The fourth-order valence-corrected chi connectivity index (χ4v) is 2.00. The van der Waals surface area contributed by atoms with E-state index in [1.165, 1.54) is 0 Å². The molecule has 0 aliphatic heterocycles. The van der Waals surface area contributed by atoms with Gasteiger partial charge in [0.05, 0.1) is 10.6 Å². The molecule has 0 radical (unpaired) electrons. The van der Waals surface area contributed by atoms with Crippen molar-refractivity contribution < 1.29 is 9.53 Å². The molecule has 1 aromatic carbocycles. The molecule has 4 nitrogen and oxygen atoms in total. The van der Waals surface area contributed by atoms with Crippen LogP contribution in [0.5, 0.6) is 5.75 Å². The van der Waals surface area contributed by atoms with E-state index < -0.39 is 0 Å². The lowest BCUT2D eigenvalue weighted by molar-refractivity contribution is -0.124. The van der Waals surface area contributed by atoms with Gasteiger partial charge in [0.25, 0.3) is 5.91 Å². The highest BCUT2D eigenvalue weighted by Gasteiger charge is 2.14. The average Bonchev–Trinajstić information content (AvgIpc) is 2.35. The molecule has 3 N–H and O–H groups in total. The molecule has 0 bridgehead atoms. The fraction of sp³-hybridized carbons (Fsp3) is 0.429. The summed E-state index contributed by atoms with van der Waals surface area (Å²) in [7, 11) is 0. The molecule has 1 aromatic rings. The van der Waals surface area contributed by atoms with Crippen molar-refractivity contribution in [2.24, 2.45) is 11.7 Å². The Kier molecular flexibility index (Phi) is 6.23. The SMILES string of the molecule is CC(C)C(C)NC(=O)COc1cccc(Cl)c1C(N)=S. The standard InChI is InChI=1S/C14H19ClN2O2S/c1-8(2)9(3)17-12(18)7-19-11-6-4-5-10(15)13(11)14(16)20/h4-6,8-9H,7H2,1-3H3,(H2,16,20)(H,17,18). The summed E-state index contributed by atoms with van der Waals surface area (Å²) < 4.78 is 5.46. The van der Waals surface area contributed by atoms with Crippen molar-refractivity contribution in [3.05, 3.63) is 28.8 Å². The van der Waals surface area contributed by atoms with Crippen LogP contribution in [0.3, 0.4) is 0 Å². The molecule has 20 heavy (non-hydrogen) atoms. The van der Waals surface area contributed by atoms with E-state index in [9.17, 15) is 4.79 Å². The van der Waals surface area contributed by atoms with E-state index >= 15 is 0 Å². The zero-order valence-electron chi connectivity index (χ0n) is 11.8. The van der Waals surface area contributed by atoms with Crippen LogP contribution in [0.1, 0.15) is 26.3 Å². The number of nitrogens with two attached hydrogens (primary N) is 1. The molecule has 0 aliphatic carbocycles. The number of carbonyl (C=O) groups excluding carboxylic acids is 1. The van der Waals surface area contributed by atoms with Crippen LogP contribution in [0.15, 0.2) is 18.2 Å². The van der Waals surface area contributed by atoms with Gasteiger partial charge in [-0.2, -0.15) is 0 Å². The monoisotopic (exact) mass is 314 g/mol. The zero-order valence-corrected chi connectivity index (χ0v) is 13.3. The molecule has 1 unspecified atom stereocenters. The Morgan fingerprint density at radius 2 is 2.10 bits per heavy atom. The lowest BCUT2D eigenvalue weighted by Gasteiger charge is -2.18. The van der Waals surface area contributed by atoms with Crippen LogP contribution < -0.4 is 15.8 Å². The van der Waals surface area contributed by atoms with E-state index in [0.29, 0.717) is 22.3 Å². The number of rotatable bonds is 6. The zero-order chi connectivity index (χ0) is 15.3. The number of hydrogen-bond donors (Lipinski definition) is 2. The second kappa shape index (κ2) is 7.45. The minimum Gasteiger partial charge on any atom is -0.483 e. The lowest BCUT2D eigenvalue weighted by Crippen LogP contribution is -2.39. The molecule has 1 rings (SSSR count). The average molecular weight is 315 g/mol. The topological polar surface area (TPSA) is 64.3 Å². The van der Waals surface area contributed by atoms with Gasteiger partial charge >= 0.3 is 0 Å². The van der Waals surface area contributed by atoms with Crippen molar-refractivity contribution in [1.29, 1.82) is 0 Å². The molecule has 0 fully saturated rings. The van der Waals surface area contributed by atoms with Crippen LogP contribution in [-0.2, 0) is 4.79 Å². The summed E-state index contributed by atoms with van der Waals surface area (Å²) >= 11 is 11.0. The summed E-state index contributed by atoms with van der Waals surface area (Å²) in [4.78, 5) is 11.9. The summed E-state index contributed by atoms with van der Waals surface area (Å²) in [5, 5.41) is 3.26. The number of hydrogen-bond acceptors (Lipinski definition) is 3. The molecule has 0 aliphatic rings. The van der Waals surface area contributed by atoms with Crippen LogP contribution in [0.2, 0.25) is 5.02 Å². The van der Waals surface area contributed by atoms with Gasteiger partial charge < -0.3 is 15.8 Å². The third kappa shape index (κ3) is 4.65. The van der Waals surface area contributed by atoms with Gasteiger partial charge in [-0.05, 0) is 25.0 Å². The number of amides is 1. The van der Waals surface area contributed by atoms with Gasteiger partial charge in [-0.1, -0.05) is 43.7 Å². The predicted octanol–water partition coefficient (Wildman–Crippen LogP) is 2.51. The normalized spacial score (nSPS) is 12.1. The van der Waals surface area contributed by atoms with Crippen LogP contribution in [0.25, 0.3) is 0 Å². The molecule has 110 valence electrons. The Balaban J connectivity index is 2.69. The highest BCUT2D eigenvalue weighted by atomic mass is 35.5. The first kappa shape index (κ1) is 16.7. The number of nitrogens with one attached hydrogen (secondary N) is 1. The van der Waals surface area contributed by atoms with Crippen LogP contribution >= 0.6 is 23.8 Å². The molecule has 0 aromatic heterocycles. The van der Waals surface area contributed by atoms with Gasteiger partial charge in [0, 0.05) is 6.04 Å². The predicted molar refractivity (Wildman–Crippen MR) is 85.3 cm³/mol. The Morgan fingerprint density at radius 1 is 1.45 bits per heavy atom. The minimum absolute atomic E-state index is 0.0838. The lowest BCUT2D eigenvalue weighted by atomic mass is 10.1. The summed E-state index contributed by atoms with van der Waals surface area (Å²) in [5.41, 5.74) is 6.06. The first-order valence-corrected chi connectivity index (χ1v) is 7.12. The molecule has 0 heterocycles. The number of thiocarbonyl (C=S) groups is 1. The fourth-order valence-electron chi connectivity index (χ4n) is 1.47. The van der Waals surface area contributed by atoms with E-state index in [0.717, 1.165) is 0 Å². The minimum atomic E-state index is -0.194. The number of ether oxygens (including phenoxy) is 1. The maximum atomic E-state index is 11.8. The van der Waals surface area contributed by atoms with E-state index in [2.05, 4.69) is 5.32 Å². The van der Waals surface area contributed by atoms with Crippen molar-refractivity contribution in [3.63, 3.8) is 0 Å². The second-order valence-electron chi connectivity index (χ2n) is 4.87. The molecule has 0 spiro atoms. The van der Waals surface area contributed by atoms with Gasteiger partial charge in [-0.3, -0.25) is 4.79 Å². The summed E-state index contributed by atoms with van der Waals surface area (Å²) in [6.45, 7) is 5.91. The Morgan fingerprint density at radius 3 is 2.65 bits per heavy atom. The maximum absolute atomic E-state index is 11.8. The van der Waals surface area contributed by atoms with Crippen LogP contribution in [-0.4, -0.2) is 23.5 Å². The molecule has 1 atom stereocenters. The Hall–Kier alpha value is -1.33. The maximum Gasteiger partial charge on any atom is 0.258 e. The Labute approximate surface area is 129 Å². The largest absolute Gasteiger partial charge is 0.483 e. The van der Waals surface area contributed by atoms with Crippen LogP contribution in [0, 0.1) is 5.92 Å².